The molecule has 102 valence electrons. The number of carbonyl (C=O) groups excluding carboxylic acids is 1. The number of rotatable bonds is 2. The van der Waals surface area contributed by atoms with Crippen molar-refractivity contribution in [3.8, 4) is 0 Å². The molecule has 3 rings (SSSR count). The lowest BCUT2D eigenvalue weighted by Gasteiger charge is -2.46. The third kappa shape index (κ3) is 2.42. The number of hydrogen-bond acceptors (Lipinski definition) is 4. The number of Topliss-reactive ketones (excluding diaryl/α,β-unsaturated/α-hetero) is 1. The first-order valence-electron chi connectivity index (χ1n) is 6.91. The van der Waals surface area contributed by atoms with E-state index in [0.717, 1.165) is 31.6 Å². The van der Waals surface area contributed by atoms with Gasteiger partial charge in [-0.2, -0.15) is 0 Å². The van der Waals surface area contributed by atoms with Gasteiger partial charge in [-0.05, 0) is 44.5 Å². The van der Waals surface area contributed by atoms with E-state index in [1.807, 2.05) is 19.1 Å². The van der Waals surface area contributed by atoms with Gasteiger partial charge < -0.3 is 4.74 Å². The summed E-state index contributed by atoms with van der Waals surface area (Å²) in [6.07, 6.45) is 3.50. The molecular formula is C15H20N2O2. The second-order valence-corrected chi connectivity index (χ2v) is 5.76. The van der Waals surface area contributed by atoms with Gasteiger partial charge in [0.15, 0.2) is 5.78 Å². The van der Waals surface area contributed by atoms with Crippen molar-refractivity contribution in [2.24, 2.45) is 5.92 Å². The number of piperidine rings is 1. The van der Waals surface area contributed by atoms with Crippen molar-refractivity contribution in [3.05, 3.63) is 29.6 Å². The Morgan fingerprint density at radius 1 is 1.37 bits per heavy atom. The maximum atomic E-state index is 12.6. The van der Waals surface area contributed by atoms with Gasteiger partial charge in [0.1, 0.15) is 5.69 Å². The Labute approximate surface area is 113 Å². The van der Waals surface area contributed by atoms with Gasteiger partial charge in [0, 0.05) is 24.2 Å². The maximum absolute atomic E-state index is 12.6. The molecule has 0 aromatic carbocycles. The van der Waals surface area contributed by atoms with Crippen molar-refractivity contribution in [2.45, 2.75) is 31.8 Å². The smallest absolute Gasteiger partial charge is 0.184 e. The highest BCUT2D eigenvalue weighted by atomic mass is 16.5. The fraction of sp³-hybridized carbons (Fsp3) is 0.600. The van der Waals surface area contributed by atoms with E-state index in [9.17, 15) is 4.79 Å². The van der Waals surface area contributed by atoms with Crippen LogP contribution in [0.2, 0.25) is 0 Å². The number of hydrogen-bond donors (Lipinski definition) is 0. The van der Waals surface area contributed by atoms with Gasteiger partial charge in [-0.1, -0.05) is 0 Å². The minimum absolute atomic E-state index is 0.101. The van der Waals surface area contributed by atoms with Crippen molar-refractivity contribution in [1.82, 2.24) is 9.88 Å². The molecule has 0 radical (unpaired) electrons. The molecule has 3 heterocycles. The van der Waals surface area contributed by atoms with Crippen molar-refractivity contribution >= 4 is 5.78 Å². The number of fused-ring (bicyclic) bond motifs is 2. The summed E-state index contributed by atoms with van der Waals surface area (Å²) in [6, 6.07) is 4.58. The zero-order valence-corrected chi connectivity index (χ0v) is 11.5. The van der Waals surface area contributed by atoms with Crippen molar-refractivity contribution in [3.63, 3.8) is 0 Å². The molecule has 2 aliphatic heterocycles. The quantitative estimate of drug-likeness (QED) is 0.759. The van der Waals surface area contributed by atoms with Crippen LogP contribution in [-0.4, -0.2) is 48.0 Å². The number of morpholine rings is 1. The van der Waals surface area contributed by atoms with Gasteiger partial charge in [-0.15, -0.1) is 0 Å². The first-order chi connectivity index (χ1) is 9.15. The van der Waals surface area contributed by atoms with E-state index in [2.05, 4.69) is 16.9 Å². The highest BCUT2D eigenvalue weighted by Crippen LogP contribution is 2.32. The number of ether oxygens (including phenoxy) is 1. The van der Waals surface area contributed by atoms with Crippen LogP contribution in [0.25, 0.3) is 0 Å². The van der Waals surface area contributed by atoms with Crippen LogP contribution in [0.1, 0.15) is 28.9 Å². The van der Waals surface area contributed by atoms with Crippen LogP contribution in [0, 0.1) is 12.8 Å². The summed E-state index contributed by atoms with van der Waals surface area (Å²) in [5.41, 5.74) is 1.71. The molecule has 2 aliphatic rings. The van der Waals surface area contributed by atoms with Crippen LogP contribution in [0.4, 0.5) is 0 Å². The van der Waals surface area contributed by atoms with Crippen LogP contribution in [0.3, 0.4) is 0 Å². The number of carbonyl (C=O) groups is 1. The average molecular weight is 260 g/mol. The Kier molecular flexibility index (Phi) is 3.37. The summed E-state index contributed by atoms with van der Waals surface area (Å²) in [7, 11) is 2.14. The Hall–Kier alpha value is -1.26. The molecule has 2 saturated heterocycles. The van der Waals surface area contributed by atoms with E-state index in [1.54, 1.807) is 6.20 Å². The van der Waals surface area contributed by atoms with Crippen LogP contribution in [0.15, 0.2) is 18.3 Å². The number of likely N-dealkylation sites (N-methyl/N-ethyl adjacent to an activating group) is 1. The van der Waals surface area contributed by atoms with Crippen molar-refractivity contribution < 1.29 is 9.53 Å². The van der Waals surface area contributed by atoms with E-state index in [1.165, 1.54) is 0 Å². The predicted molar refractivity (Wildman–Crippen MR) is 72.2 cm³/mol. The number of pyridine rings is 1. The second kappa shape index (κ2) is 5.02. The molecule has 0 spiro atoms. The van der Waals surface area contributed by atoms with Crippen LogP contribution >= 0.6 is 0 Å². The van der Waals surface area contributed by atoms with Crippen LogP contribution in [0.5, 0.6) is 0 Å². The molecule has 2 bridgehead atoms. The fourth-order valence-corrected chi connectivity index (χ4v) is 3.19. The summed E-state index contributed by atoms with van der Waals surface area (Å²) < 4.78 is 5.59. The topological polar surface area (TPSA) is 42.4 Å². The minimum atomic E-state index is 0.101. The molecule has 4 nitrogen and oxygen atoms in total. The SMILES string of the molecule is Cc1ccnc(C(=O)C2CC3COCC(C2)N3C)c1. The monoisotopic (exact) mass is 260 g/mol. The van der Waals surface area contributed by atoms with E-state index >= 15 is 0 Å². The summed E-state index contributed by atoms with van der Waals surface area (Å²) in [4.78, 5) is 19.2. The third-order valence-corrected chi connectivity index (χ3v) is 4.42. The lowest BCUT2D eigenvalue weighted by atomic mass is 9.82. The third-order valence-electron chi connectivity index (χ3n) is 4.42. The predicted octanol–water partition coefficient (Wildman–Crippen LogP) is 1.68. The molecule has 0 aliphatic carbocycles. The van der Waals surface area contributed by atoms with Gasteiger partial charge in [-0.25, -0.2) is 0 Å². The van der Waals surface area contributed by atoms with Crippen molar-refractivity contribution in [2.75, 3.05) is 20.3 Å². The molecule has 2 unspecified atom stereocenters. The van der Waals surface area contributed by atoms with E-state index < -0.39 is 0 Å². The van der Waals surface area contributed by atoms with E-state index in [0.29, 0.717) is 17.8 Å². The molecule has 4 heteroatoms. The van der Waals surface area contributed by atoms with Gasteiger partial charge in [0.25, 0.3) is 0 Å². The largest absolute Gasteiger partial charge is 0.378 e. The Balaban J connectivity index is 1.78. The van der Waals surface area contributed by atoms with Crippen molar-refractivity contribution in [1.29, 1.82) is 0 Å². The second-order valence-electron chi connectivity index (χ2n) is 5.76. The highest BCUT2D eigenvalue weighted by molar-refractivity contribution is 5.96. The summed E-state index contributed by atoms with van der Waals surface area (Å²) >= 11 is 0. The van der Waals surface area contributed by atoms with Gasteiger partial charge in [0.2, 0.25) is 0 Å². The van der Waals surface area contributed by atoms with Crippen LogP contribution in [-0.2, 0) is 4.74 Å². The summed E-state index contributed by atoms with van der Waals surface area (Å²) in [5.74, 6) is 0.304. The highest BCUT2D eigenvalue weighted by Gasteiger charge is 2.39. The lowest BCUT2D eigenvalue weighted by Crippen LogP contribution is -2.55. The Bertz CT molecular complexity index is 475. The van der Waals surface area contributed by atoms with Gasteiger partial charge in [0.05, 0.1) is 13.2 Å². The Morgan fingerprint density at radius 3 is 2.68 bits per heavy atom. The summed E-state index contributed by atoms with van der Waals surface area (Å²) in [5, 5.41) is 0. The van der Waals surface area contributed by atoms with Gasteiger partial charge >= 0.3 is 0 Å². The molecule has 1 aromatic rings. The number of ketones is 1. The molecule has 2 fully saturated rings. The standard InChI is InChI=1S/C15H20N2O2/c1-10-3-4-16-14(5-10)15(18)11-6-12-8-19-9-13(7-11)17(12)2/h3-5,11-13H,6-9H2,1-2H3. The van der Waals surface area contributed by atoms with E-state index in [-0.39, 0.29) is 11.7 Å². The Morgan fingerprint density at radius 2 is 2.05 bits per heavy atom. The number of aryl methyl sites for hydroxylation is 1. The molecule has 19 heavy (non-hydrogen) atoms. The van der Waals surface area contributed by atoms with Crippen LogP contribution < -0.4 is 0 Å². The molecule has 0 amide bonds. The zero-order chi connectivity index (χ0) is 13.4. The molecule has 0 saturated carbocycles. The average Bonchev–Trinajstić information content (AvgIpc) is 2.37. The number of aromatic nitrogens is 1. The molecular weight excluding hydrogens is 240 g/mol. The lowest BCUT2D eigenvalue weighted by molar-refractivity contribution is -0.0703. The first-order valence-corrected chi connectivity index (χ1v) is 6.91. The zero-order valence-electron chi connectivity index (χ0n) is 11.5. The summed E-state index contributed by atoms with van der Waals surface area (Å²) in [6.45, 7) is 3.49. The number of nitrogens with zero attached hydrogens (tertiary/aromatic N) is 2. The maximum Gasteiger partial charge on any atom is 0.184 e. The minimum Gasteiger partial charge on any atom is -0.378 e. The molecule has 1 aromatic heterocycles. The van der Waals surface area contributed by atoms with E-state index in [4.69, 9.17) is 4.74 Å². The molecule has 2 atom stereocenters. The first kappa shape index (κ1) is 12.8. The molecule has 0 N–H and O–H groups in total. The normalized spacial score (nSPS) is 31.2. The van der Waals surface area contributed by atoms with Gasteiger partial charge in [-0.3, -0.25) is 14.7 Å². The fourth-order valence-electron chi connectivity index (χ4n) is 3.19.